The summed E-state index contributed by atoms with van der Waals surface area (Å²) in [7, 11) is -5.14. The Hall–Kier alpha value is -0.980. The molecular weight excluding hydrogens is 611 g/mol. The zero-order valence-electron chi connectivity index (χ0n) is 27.9. The van der Waals surface area contributed by atoms with Crippen LogP contribution in [0, 0.1) is 5.41 Å². The van der Waals surface area contributed by atoms with Gasteiger partial charge in [-0.25, -0.2) is 8.42 Å². The Balaban J connectivity index is 0.0000194. The van der Waals surface area contributed by atoms with Gasteiger partial charge in [0.2, 0.25) is 0 Å². The van der Waals surface area contributed by atoms with Gasteiger partial charge in [0, 0.05) is 6.42 Å². The van der Waals surface area contributed by atoms with Crippen molar-refractivity contribution in [3.05, 3.63) is 12.2 Å². The molecule has 256 valence electrons. The summed E-state index contributed by atoms with van der Waals surface area (Å²) >= 11 is 0. The molecule has 1 saturated heterocycles. The molecule has 1 rings (SSSR count). The number of allylic oxidation sites excluding steroid dienone is 2. The monoisotopic (exact) mass is 668 g/mol. The van der Waals surface area contributed by atoms with E-state index in [0.29, 0.717) is 6.42 Å². The molecule has 0 aliphatic carbocycles. The van der Waals surface area contributed by atoms with E-state index in [9.17, 15) is 32.5 Å². The third-order valence-corrected chi connectivity index (χ3v) is 9.10. The van der Waals surface area contributed by atoms with Gasteiger partial charge in [0.05, 0.1) is 18.4 Å². The van der Waals surface area contributed by atoms with Gasteiger partial charge in [-0.2, -0.15) is 0 Å². The molecule has 0 spiro atoms. The van der Waals surface area contributed by atoms with Crippen molar-refractivity contribution in [2.24, 2.45) is 5.41 Å². The molecule has 0 radical (unpaired) electrons. The first-order chi connectivity index (χ1) is 21.1. The zero-order valence-corrected chi connectivity index (χ0v) is 30.8. The van der Waals surface area contributed by atoms with Gasteiger partial charge in [-0.05, 0) is 32.1 Å². The van der Waals surface area contributed by atoms with Crippen molar-refractivity contribution in [1.29, 1.82) is 0 Å². The van der Waals surface area contributed by atoms with Crippen LogP contribution >= 0.6 is 0 Å². The molecule has 0 aromatic rings. The molecule has 1 fully saturated rings. The molecule has 0 aromatic carbocycles. The fourth-order valence-electron chi connectivity index (χ4n) is 5.03. The van der Waals surface area contributed by atoms with E-state index in [-0.39, 0.29) is 36.0 Å². The molecule has 1 heterocycles. The van der Waals surface area contributed by atoms with Crippen molar-refractivity contribution in [3.8, 4) is 0 Å². The van der Waals surface area contributed by atoms with Gasteiger partial charge in [-0.3, -0.25) is 14.4 Å². The average molecular weight is 669 g/mol. The van der Waals surface area contributed by atoms with Crippen LogP contribution in [0.4, 0.5) is 0 Å². The van der Waals surface area contributed by atoms with E-state index in [0.717, 1.165) is 19.3 Å². The van der Waals surface area contributed by atoms with Crippen LogP contribution in [0.3, 0.4) is 0 Å². The predicted octanol–water partition coefficient (Wildman–Crippen LogP) is 3.29. The first kappa shape index (κ1) is 44.0. The fraction of sp³-hybridized carbons (Fsp3) is 0.848. The number of carbonyl (C=O) groups is 3. The van der Waals surface area contributed by atoms with Gasteiger partial charge in [0.1, 0.15) is 29.9 Å². The molecule has 45 heavy (non-hydrogen) atoms. The van der Waals surface area contributed by atoms with Crippen LogP contribution < -0.4 is 29.6 Å². The quantitative estimate of drug-likeness (QED) is 0.0383. The van der Waals surface area contributed by atoms with Crippen LogP contribution in [-0.2, 0) is 38.7 Å². The van der Waals surface area contributed by atoms with E-state index in [2.05, 4.69) is 19.1 Å². The van der Waals surface area contributed by atoms with Crippen molar-refractivity contribution in [2.45, 2.75) is 147 Å². The maximum Gasteiger partial charge on any atom is 1.00 e. The average Bonchev–Trinajstić information content (AvgIpc) is 3.05. The summed E-state index contributed by atoms with van der Waals surface area (Å²) in [6, 6.07) is 0. The summed E-state index contributed by atoms with van der Waals surface area (Å²) in [5.41, 5.74) is -1.45. The van der Waals surface area contributed by atoms with Gasteiger partial charge < -0.3 is 23.9 Å². The number of ether oxygens (including phenoxy) is 3. The number of aliphatic hydroxyl groups is 1. The van der Waals surface area contributed by atoms with E-state index < -0.39 is 71.5 Å². The second-order valence-corrected chi connectivity index (χ2v) is 13.8. The summed E-state index contributed by atoms with van der Waals surface area (Å²) in [4.78, 5) is 36.2. The van der Waals surface area contributed by atoms with E-state index in [1.54, 1.807) is 0 Å². The Morgan fingerprint density at radius 3 is 1.80 bits per heavy atom. The summed E-state index contributed by atoms with van der Waals surface area (Å²) in [6.45, 7) is 0.154. The molecule has 12 heteroatoms. The summed E-state index contributed by atoms with van der Waals surface area (Å²) in [6.07, 6.45) is 27.1. The van der Waals surface area contributed by atoms with Crippen molar-refractivity contribution in [1.82, 2.24) is 0 Å². The summed E-state index contributed by atoms with van der Waals surface area (Å²) in [5, 5.41) is 7.63. The number of esters is 3. The van der Waals surface area contributed by atoms with Gasteiger partial charge in [0.25, 0.3) is 0 Å². The maximum atomic E-state index is 12.2. The van der Waals surface area contributed by atoms with E-state index in [4.69, 9.17) is 14.2 Å². The third-order valence-electron chi connectivity index (χ3n) is 8.04. The van der Waals surface area contributed by atoms with Crippen LogP contribution in [0.15, 0.2) is 12.2 Å². The largest absolute Gasteiger partial charge is 1.00 e. The van der Waals surface area contributed by atoms with Crippen molar-refractivity contribution < 1.29 is 76.2 Å². The van der Waals surface area contributed by atoms with Gasteiger partial charge >= 0.3 is 47.5 Å². The second kappa shape index (κ2) is 27.0. The molecule has 0 amide bonds. The maximum absolute atomic E-state index is 12.2. The Kier molecular flexibility index (Phi) is 26.4. The number of hydrogen-bond donors (Lipinski definition) is 1. The predicted molar refractivity (Wildman–Crippen MR) is 168 cm³/mol. The number of carbonyl (C=O) groups excluding carboxylic acids is 3. The standard InChI is InChI=1S/C33H58O10S.Na/c1-2-3-4-5-6-7-8-9-10-11-12-13-14-15-16-17-18-19-20-21-22-23-30(35)41-26-33(25-34)27-42-31(36)24-29(44(38,39)40)32(37)43-28-33;/h9-10,29,34H,2-8,11-28H2,1H3,(H,38,39,40);/q;+1/p-1/b10-9-;. The fourth-order valence-corrected chi connectivity index (χ4v) is 5.68. The molecule has 1 aliphatic heterocycles. The Bertz CT molecular complexity index is 940. The van der Waals surface area contributed by atoms with Crippen LogP contribution in [0.25, 0.3) is 0 Å². The van der Waals surface area contributed by atoms with Crippen LogP contribution in [-0.4, -0.2) is 67.7 Å². The molecule has 2 unspecified atom stereocenters. The molecule has 10 nitrogen and oxygen atoms in total. The van der Waals surface area contributed by atoms with Crippen LogP contribution in [0.2, 0.25) is 0 Å². The van der Waals surface area contributed by atoms with Crippen molar-refractivity contribution in [3.63, 3.8) is 0 Å². The van der Waals surface area contributed by atoms with E-state index in [1.165, 1.54) is 96.3 Å². The minimum atomic E-state index is -5.14. The SMILES string of the molecule is CCCCCCCC/C=C\CCCCCCCCCCCCCC(=O)OCC1(CO)COC(=O)CC(S(=O)(=O)[O-])C(=O)OC1.[Na+]. The molecule has 0 bridgehead atoms. The first-order valence-corrected chi connectivity index (χ1v) is 18.3. The molecule has 0 aromatic heterocycles. The van der Waals surface area contributed by atoms with Gasteiger partial charge in [-0.1, -0.05) is 109 Å². The minimum Gasteiger partial charge on any atom is -0.747 e. The molecule has 1 N–H and O–H groups in total. The van der Waals surface area contributed by atoms with Gasteiger partial charge in [0.15, 0.2) is 5.25 Å². The normalized spacial score (nSPS) is 19.2. The summed E-state index contributed by atoms with van der Waals surface area (Å²) < 4.78 is 49.0. The Labute approximate surface area is 293 Å². The number of unbranched alkanes of at least 4 members (excludes halogenated alkanes) is 17. The molecule has 0 saturated carbocycles. The van der Waals surface area contributed by atoms with Crippen molar-refractivity contribution in [2.75, 3.05) is 26.4 Å². The molecule has 1 aliphatic rings. The van der Waals surface area contributed by atoms with Crippen molar-refractivity contribution >= 4 is 28.0 Å². The van der Waals surface area contributed by atoms with E-state index in [1.807, 2.05) is 0 Å². The van der Waals surface area contributed by atoms with Crippen LogP contribution in [0.1, 0.15) is 142 Å². The number of rotatable bonds is 25. The first-order valence-electron chi connectivity index (χ1n) is 16.8. The van der Waals surface area contributed by atoms with Gasteiger partial charge in [-0.15, -0.1) is 0 Å². The molecule has 2 atom stereocenters. The third kappa shape index (κ3) is 22.3. The van der Waals surface area contributed by atoms with Crippen LogP contribution in [0.5, 0.6) is 0 Å². The Morgan fingerprint density at radius 1 is 0.844 bits per heavy atom. The molecular formula is C33H57NaO10S. The zero-order chi connectivity index (χ0) is 32.5. The Morgan fingerprint density at radius 2 is 1.31 bits per heavy atom. The number of cyclic esters (lactones) is 2. The summed E-state index contributed by atoms with van der Waals surface area (Å²) in [5.74, 6) is -3.00. The smallest absolute Gasteiger partial charge is 0.747 e. The topological polar surface area (TPSA) is 156 Å². The minimum absolute atomic E-state index is 0. The number of hydrogen-bond acceptors (Lipinski definition) is 10. The van der Waals surface area contributed by atoms with E-state index >= 15 is 0 Å². The second-order valence-electron chi connectivity index (χ2n) is 12.2. The number of aliphatic hydroxyl groups excluding tert-OH is 1.